The zero-order valence-corrected chi connectivity index (χ0v) is 19.3. The first-order valence-electron chi connectivity index (χ1n) is 9.46. The maximum atomic E-state index is 13.3. The number of carbonyl (C=O) groups excluding carboxylic acids is 2. The number of hydrogen-bond acceptors (Lipinski definition) is 5. The number of benzene rings is 3. The molecule has 1 aliphatic heterocycles. The van der Waals surface area contributed by atoms with Crippen LogP contribution in [-0.4, -0.2) is 34.0 Å². The number of fused-ring (bicyclic) bond motifs is 1. The van der Waals surface area contributed by atoms with Crippen LogP contribution in [0.5, 0.6) is 5.75 Å². The van der Waals surface area contributed by atoms with Crippen molar-refractivity contribution in [2.24, 2.45) is 0 Å². The Labute approximate surface area is 193 Å². The number of sulfonamides is 1. The average Bonchev–Trinajstić information content (AvgIpc) is 2.79. The highest BCUT2D eigenvalue weighted by molar-refractivity contribution is 9.10. The summed E-state index contributed by atoms with van der Waals surface area (Å²) in [5.74, 6) is 0.0474. The molecule has 0 saturated heterocycles. The zero-order chi connectivity index (χ0) is 22.9. The van der Waals surface area contributed by atoms with Gasteiger partial charge in [-0.2, -0.15) is 4.31 Å². The van der Waals surface area contributed by atoms with Crippen molar-refractivity contribution in [1.29, 1.82) is 0 Å². The number of hydrogen-bond donors (Lipinski definition) is 1. The normalized spacial score (nSPS) is 14.6. The molecule has 0 aromatic heterocycles. The van der Waals surface area contributed by atoms with E-state index in [1.807, 2.05) is 0 Å². The van der Waals surface area contributed by atoms with Gasteiger partial charge >= 0.3 is 6.03 Å². The first-order valence-corrected chi connectivity index (χ1v) is 11.7. The van der Waals surface area contributed by atoms with Crippen LogP contribution in [0.15, 0.2) is 82.2 Å². The van der Waals surface area contributed by atoms with Crippen molar-refractivity contribution in [3.8, 4) is 5.75 Å². The minimum absolute atomic E-state index is 0.0631. The number of para-hydroxylation sites is 1. The quantitative estimate of drug-likeness (QED) is 0.548. The van der Waals surface area contributed by atoms with E-state index in [0.717, 1.165) is 9.37 Å². The van der Waals surface area contributed by atoms with Gasteiger partial charge in [0.05, 0.1) is 18.5 Å². The number of ether oxygens (including phenoxy) is 1. The topological polar surface area (TPSA) is 96.0 Å². The van der Waals surface area contributed by atoms with Crippen LogP contribution in [0.25, 0.3) is 0 Å². The van der Waals surface area contributed by atoms with Crippen LogP contribution >= 0.6 is 15.9 Å². The van der Waals surface area contributed by atoms with Crippen molar-refractivity contribution in [2.75, 3.05) is 28.2 Å². The number of methoxy groups -OCH3 is 1. The number of nitrogens with zero attached hydrogens (tertiary/aromatic N) is 2. The third-order valence-corrected chi connectivity index (χ3v) is 7.09. The number of amides is 3. The zero-order valence-electron chi connectivity index (χ0n) is 16.9. The molecule has 0 spiro atoms. The molecular weight excluding hydrogens is 498 g/mol. The molecule has 0 bridgehead atoms. The second-order valence-electron chi connectivity index (χ2n) is 6.86. The van der Waals surface area contributed by atoms with Gasteiger partial charge in [-0.1, -0.05) is 28.1 Å². The van der Waals surface area contributed by atoms with Gasteiger partial charge in [0.2, 0.25) is 5.91 Å². The Morgan fingerprint density at radius 2 is 1.66 bits per heavy atom. The Balaban J connectivity index is 1.70. The van der Waals surface area contributed by atoms with Crippen molar-refractivity contribution >= 4 is 55.0 Å². The van der Waals surface area contributed by atoms with Crippen molar-refractivity contribution in [3.63, 3.8) is 0 Å². The Kier molecular flexibility index (Phi) is 5.90. The number of carbonyl (C=O) groups is 2. The summed E-state index contributed by atoms with van der Waals surface area (Å²) in [4.78, 5) is 27.1. The van der Waals surface area contributed by atoms with Crippen LogP contribution in [-0.2, 0) is 14.8 Å². The van der Waals surface area contributed by atoms with Crippen molar-refractivity contribution in [3.05, 3.63) is 77.3 Å². The maximum absolute atomic E-state index is 13.3. The minimum atomic E-state index is -4.17. The molecule has 1 N–H and O–H groups in total. The Morgan fingerprint density at radius 3 is 2.31 bits per heavy atom. The highest BCUT2D eigenvalue weighted by Crippen LogP contribution is 2.37. The number of halogens is 1. The Morgan fingerprint density at radius 1 is 1.00 bits per heavy atom. The third kappa shape index (κ3) is 4.06. The molecule has 164 valence electrons. The second-order valence-corrected chi connectivity index (χ2v) is 9.53. The molecule has 3 aromatic rings. The summed E-state index contributed by atoms with van der Waals surface area (Å²) in [5.41, 5.74) is 0.840. The van der Waals surface area contributed by atoms with Gasteiger partial charge in [-0.15, -0.1) is 0 Å². The molecule has 0 aliphatic carbocycles. The number of rotatable bonds is 5. The van der Waals surface area contributed by atoms with Crippen LogP contribution in [0.4, 0.5) is 21.9 Å². The predicted octanol–water partition coefficient (Wildman–Crippen LogP) is 4.23. The van der Waals surface area contributed by atoms with E-state index < -0.39 is 22.0 Å². The van der Waals surface area contributed by atoms with Crippen molar-refractivity contribution in [2.45, 2.75) is 4.90 Å². The lowest BCUT2D eigenvalue weighted by molar-refractivity contribution is -0.114. The van der Waals surface area contributed by atoms with E-state index in [0.29, 0.717) is 15.7 Å². The molecule has 8 nitrogen and oxygen atoms in total. The highest BCUT2D eigenvalue weighted by Gasteiger charge is 2.43. The standard InChI is InChI=1S/C22H18BrN3O5S/c1-31-18-12-10-17(11-13-18)26-22(28)25(19-4-2-3-5-20(19)32(26,29)30)14-21(27)24-16-8-6-15(23)7-9-16/h2-13H,14H2,1H3,(H,24,27). The number of urea groups is 1. The molecule has 0 unspecified atom stereocenters. The van der Waals surface area contributed by atoms with Gasteiger partial charge in [0, 0.05) is 10.2 Å². The van der Waals surface area contributed by atoms with Gasteiger partial charge in [-0.3, -0.25) is 9.69 Å². The maximum Gasteiger partial charge on any atom is 0.343 e. The van der Waals surface area contributed by atoms with Gasteiger partial charge < -0.3 is 10.1 Å². The van der Waals surface area contributed by atoms with Crippen molar-refractivity contribution < 1.29 is 22.7 Å². The van der Waals surface area contributed by atoms with Crippen LogP contribution in [0.1, 0.15) is 0 Å². The molecule has 0 fully saturated rings. The highest BCUT2D eigenvalue weighted by atomic mass is 79.9. The molecule has 0 atom stereocenters. The predicted molar refractivity (Wildman–Crippen MR) is 125 cm³/mol. The van der Waals surface area contributed by atoms with Crippen LogP contribution < -0.4 is 19.3 Å². The monoisotopic (exact) mass is 515 g/mol. The largest absolute Gasteiger partial charge is 0.497 e. The molecule has 4 rings (SSSR count). The number of nitrogens with one attached hydrogen (secondary N) is 1. The molecular formula is C22H18BrN3O5S. The third-order valence-electron chi connectivity index (χ3n) is 4.82. The van der Waals surface area contributed by atoms with Crippen LogP contribution in [0.2, 0.25) is 0 Å². The first kappa shape index (κ1) is 21.8. The fraction of sp³-hybridized carbons (Fsp3) is 0.0909. The number of anilines is 3. The summed E-state index contributed by atoms with van der Waals surface area (Å²) in [6.07, 6.45) is 0. The average molecular weight is 516 g/mol. The van der Waals surface area contributed by atoms with Crippen LogP contribution in [0.3, 0.4) is 0 Å². The van der Waals surface area contributed by atoms with E-state index in [1.54, 1.807) is 48.5 Å². The summed E-state index contributed by atoms with van der Waals surface area (Å²) >= 11 is 3.33. The van der Waals surface area contributed by atoms with E-state index in [4.69, 9.17) is 4.74 Å². The first-order chi connectivity index (χ1) is 15.3. The van der Waals surface area contributed by atoms with Crippen LogP contribution in [0, 0.1) is 0 Å². The Hall–Kier alpha value is -3.37. The molecule has 0 saturated carbocycles. The fourth-order valence-corrected chi connectivity index (χ4v) is 5.17. The lowest BCUT2D eigenvalue weighted by Crippen LogP contribution is -2.53. The van der Waals surface area contributed by atoms with Gasteiger partial charge in [-0.05, 0) is 60.7 Å². The summed E-state index contributed by atoms with van der Waals surface area (Å²) in [5, 5.41) is 2.72. The fourth-order valence-electron chi connectivity index (χ4n) is 3.31. The van der Waals surface area contributed by atoms with Gasteiger partial charge in [-0.25, -0.2) is 13.2 Å². The molecule has 0 radical (unpaired) electrons. The van der Waals surface area contributed by atoms with Gasteiger partial charge in [0.25, 0.3) is 10.0 Å². The van der Waals surface area contributed by atoms with E-state index in [2.05, 4.69) is 21.2 Å². The van der Waals surface area contributed by atoms with E-state index in [1.165, 1.54) is 31.4 Å². The lowest BCUT2D eigenvalue weighted by atomic mass is 10.2. The minimum Gasteiger partial charge on any atom is -0.497 e. The molecule has 3 amide bonds. The summed E-state index contributed by atoms with van der Waals surface area (Å²) in [6, 6.07) is 18.3. The SMILES string of the molecule is COc1ccc(N2C(=O)N(CC(=O)Nc3ccc(Br)cc3)c3ccccc3S2(=O)=O)cc1. The molecule has 1 heterocycles. The smallest absolute Gasteiger partial charge is 0.343 e. The van der Waals surface area contributed by atoms with E-state index >= 15 is 0 Å². The Bertz CT molecular complexity index is 1280. The molecule has 10 heteroatoms. The summed E-state index contributed by atoms with van der Waals surface area (Å²) in [6.45, 7) is -0.367. The lowest BCUT2D eigenvalue weighted by Gasteiger charge is -2.35. The molecule has 1 aliphatic rings. The van der Waals surface area contributed by atoms with E-state index in [-0.39, 0.29) is 22.8 Å². The summed E-state index contributed by atoms with van der Waals surface area (Å²) < 4.78 is 33.2. The van der Waals surface area contributed by atoms with Gasteiger partial charge in [0.1, 0.15) is 17.2 Å². The summed E-state index contributed by atoms with van der Waals surface area (Å²) in [7, 11) is -2.69. The molecule has 32 heavy (non-hydrogen) atoms. The van der Waals surface area contributed by atoms with Gasteiger partial charge in [0.15, 0.2) is 0 Å². The van der Waals surface area contributed by atoms with E-state index in [9.17, 15) is 18.0 Å². The molecule has 3 aromatic carbocycles. The van der Waals surface area contributed by atoms with Crippen molar-refractivity contribution in [1.82, 2.24) is 0 Å². The second kappa shape index (κ2) is 8.64.